The van der Waals surface area contributed by atoms with Crippen LogP contribution in [0.1, 0.15) is 52.2 Å². The van der Waals surface area contributed by atoms with Crippen LogP contribution in [-0.4, -0.2) is 40.8 Å². The van der Waals surface area contributed by atoms with Crippen molar-refractivity contribution >= 4 is 28.0 Å². The summed E-state index contributed by atoms with van der Waals surface area (Å²) in [5.74, 6) is -0.256. The zero-order chi connectivity index (χ0) is 19.7. The molecule has 2 rings (SSSR count). The fourth-order valence-electron chi connectivity index (χ4n) is 3.23. The van der Waals surface area contributed by atoms with E-state index in [9.17, 15) is 14.7 Å². The van der Waals surface area contributed by atoms with Crippen LogP contribution in [0.2, 0.25) is 0 Å². The Bertz CT molecular complexity index is 713. The van der Waals surface area contributed by atoms with E-state index >= 15 is 0 Å². The number of ether oxygens (including phenoxy) is 2. The van der Waals surface area contributed by atoms with E-state index in [0.29, 0.717) is 17.4 Å². The molecule has 6 nitrogen and oxygen atoms in total. The predicted molar refractivity (Wildman–Crippen MR) is 101 cm³/mol. The van der Waals surface area contributed by atoms with Gasteiger partial charge in [-0.05, 0) is 80.2 Å². The molecule has 1 aliphatic rings. The van der Waals surface area contributed by atoms with E-state index in [-0.39, 0.29) is 24.7 Å². The van der Waals surface area contributed by atoms with Crippen LogP contribution in [0, 0.1) is 0 Å². The summed E-state index contributed by atoms with van der Waals surface area (Å²) >= 11 is 3.33. The number of rotatable bonds is 3. The van der Waals surface area contributed by atoms with E-state index in [1.807, 2.05) is 6.92 Å². The van der Waals surface area contributed by atoms with Gasteiger partial charge in [-0.25, -0.2) is 4.79 Å². The maximum Gasteiger partial charge on any atom is 0.411 e. The molecular formula is C19H26BrNO5. The quantitative estimate of drug-likeness (QED) is 0.734. The van der Waals surface area contributed by atoms with Gasteiger partial charge in [0, 0.05) is 6.54 Å². The van der Waals surface area contributed by atoms with Crippen molar-refractivity contribution < 1.29 is 24.2 Å². The molecule has 0 spiro atoms. The van der Waals surface area contributed by atoms with E-state index in [4.69, 9.17) is 9.47 Å². The Labute approximate surface area is 162 Å². The van der Waals surface area contributed by atoms with E-state index in [1.165, 1.54) is 0 Å². The molecule has 0 radical (unpaired) electrons. The lowest BCUT2D eigenvalue weighted by molar-refractivity contribution is -0.146. The van der Waals surface area contributed by atoms with Gasteiger partial charge in [0.25, 0.3) is 0 Å². The normalized spacial score (nSPS) is 19.7. The monoisotopic (exact) mass is 427 g/mol. The molecule has 0 fully saturated rings. The molecule has 1 heterocycles. The number of amides is 1. The van der Waals surface area contributed by atoms with Crippen molar-refractivity contribution in [1.82, 2.24) is 4.90 Å². The zero-order valence-corrected chi connectivity index (χ0v) is 17.5. The Morgan fingerprint density at radius 2 is 2.00 bits per heavy atom. The summed E-state index contributed by atoms with van der Waals surface area (Å²) in [5.41, 5.74) is 0.125. The van der Waals surface area contributed by atoms with Crippen LogP contribution in [0.25, 0.3) is 0 Å². The minimum absolute atomic E-state index is 0.00426. The lowest BCUT2D eigenvalue weighted by Crippen LogP contribution is -2.54. The van der Waals surface area contributed by atoms with Gasteiger partial charge in [0.2, 0.25) is 0 Å². The summed E-state index contributed by atoms with van der Waals surface area (Å²) in [6.45, 7) is 9.65. The Morgan fingerprint density at radius 1 is 1.35 bits per heavy atom. The van der Waals surface area contributed by atoms with Crippen molar-refractivity contribution in [3.8, 4) is 5.75 Å². The molecule has 7 heteroatoms. The van der Waals surface area contributed by atoms with Gasteiger partial charge in [-0.3, -0.25) is 9.69 Å². The highest BCUT2D eigenvalue weighted by molar-refractivity contribution is 9.10. The molecule has 0 bridgehead atoms. The van der Waals surface area contributed by atoms with E-state index in [2.05, 4.69) is 15.9 Å². The zero-order valence-electron chi connectivity index (χ0n) is 15.9. The Balaban J connectivity index is 2.49. The average molecular weight is 428 g/mol. The highest BCUT2D eigenvalue weighted by Gasteiger charge is 2.45. The number of hydrogen-bond acceptors (Lipinski definition) is 5. The number of esters is 1. The second-order valence-electron chi connectivity index (χ2n) is 7.60. The molecule has 1 N–H and O–H groups in total. The van der Waals surface area contributed by atoms with Crippen LogP contribution < -0.4 is 0 Å². The number of aromatic hydroxyl groups is 1. The van der Waals surface area contributed by atoms with Crippen molar-refractivity contribution in [3.63, 3.8) is 0 Å². The van der Waals surface area contributed by atoms with Crippen molar-refractivity contribution in [1.29, 1.82) is 0 Å². The molecule has 26 heavy (non-hydrogen) atoms. The van der Waals surface area contributed by atoms with Gasteiger partial charge in [0.05, 0.1) is 23.0 Å². The first-order valence-electron chi connectivity index (χ1n) is 8.66. The minimum atomic E-state index is -0.932. The number of benzene rings is 1. The second-order valence-corrected chi connectivity index (χ2v) is 8.45. The van der Waals surface area contributed by atoms with Gasteiger partial charge in [0.1, 0.15) is 11.4 Å². The summed E-state index contributed by atoms with van der Waals surface area (Å²) in [6.07, 6.45) is 0.0946. The highest BCUT2D eigenvalue weighted by Crippen LogP contribution is 2.42. The van der Waals surface area contributed by atoms with Crippen molar-refractivity contribution in [2.24, 2.45) is 0 Å². The number of phenolic OH excluding ortho intramolecular Hbond substituents is 1. The van der Waals surface area contributed by atoms with Crippen LogP contribution in [0.3, 0.4) is 0 Å². The van der Waals surface area contributed by atoms with Crippen molar-refractivity contribution in [2.75, 3.05) is 13.2 Å². The molecular weight excluding hydrogens is 402 g/mol. The largest absolute Gasteiger partial charge is 0.507 e. The number of nitrogens with zero attached hydrogens (tertiary/aromatic N) is 1. The molecule has 1 aliphatic heterocycles. The van der Waals surface area contributed by atoms with E-state index in [1.54, 1.807) is 44.7 Å². The van der Waals surface area contributed by atoms with Gasteiger partial charge >= 0.3 is 12.1 Å². The molecule has 1 aromatic carbocycles. The third-order valence-corrected chi connectivity index (χ3v) is 5.00. The molecule has 0 saturated carbocycles. The summed E-state index contributed by atoms with van der Waals surface area (Å²) < 4.78 is 11.2. The summed E-state index contributed by atoms with van der Waals surface area (Å²) in [4.78, 5) is 26.7. The molecule has 0 aromatic heterocycles. The second kappa shape index (κ2) is 7.47. The van der Waals surface area contributed by atoms with Crippen LogP contribution in [-0.2, 0) is 26.2 Å². The fraction of sp³-hybridized carbons (Fsp3) is 0.579. The van der Waals surface area contributed by atoms with E-state index < -0.39 is 17.2 Å². The topological polar surface area (TPSA) is 76.1 Å². The van der Waals surface area contributed by atoms with Gasteiger partial charge in [-0.2, -0.15) is 0 Å². The number of hydrogen-bond donors (Lipinski definition) is 1. The van der Waals surface area contributed by atoms with Gasteiger partial charge in [0.15, 0.2) is 0 Å². The molecule has 1 unspecified atom stereocenters. The van der Waals surface area contributed by atoms with Gasteiger partial charge in [-0.15, -0.1) is 0 Å². The number of phenols is 1. The molecule has 1 aromatic rings. The third-order valence-electron chi connectivity index (χ3n) is 4.36. The van der Waals surface area contributed by atoms with Crippen LogP contribution in [0.15, 0.2) is 16.6 Å². The molecule has 1 atom stereocenters. The third kappa shape index (κ3) is 4.31. The number of carbonyl (C=O) groups is 2. The molecule has 0 aliphatic carbocycles. The predicted octanol–water partition coefficient (Wildman–Crippen LogP) is 4.12. The summed E-state index contributed by atoms with van der Waals surface area (Å²) in [5, 5.41) is 10.00. The standard InChI is InChI=1S/C19H26BrNO5/c1-6-25-16(23)11-19(5)13-10-14(20)15(22)9-12(13)7-8-21(19)17(24)26-18(2,3)4/h9-10,22H,6-8,11H2,1-5H3. The average Bonchev–Trinajstić information content (AvgIpc) is 2.47. The lowest BCUT2D eigenvalue weighted by atomic mass is 9.79. The smallest absolute Gasteiger partial charge is 0.411 e. The lowest BCUT2D eigenvalue weighted by Gasteiger charge is -2.45. The number of fused-ring (bicyclic) bond motifs is 1. The number of carbonyl (C=O) groups excluding carboxylic acids is 2. The molecule has 0 saturated heterocycles. The van der Waals surface area contributed by atoms with Crippen molar-refractivity contribution in [3.05, 3.63) is 27.7 Å². The summed E-state index contributed by atoms with van der Waals surface area (Å²) in [7, 11) is 0. The maximum absolute atomic E-state index is 12.8. The van der Waals surface area contributed by atoms with Gasteiger partial charge < -0.3 is 14.6 Å². The fourth-order valence-corrected chi connectivity index (χ4v) is 3.57. The molecule has 1 amide bonds. The maximum atomic E-state index is 12.8. The Hall–Kier alpha value is -1.76. The van der Waals surface area contributed by atoms with Crippen LogP contribution in [0.5, 0.6) is 5.75 Å². The first-order chi connectivity index (χ1) is 12.0. The van der Waals surface area contributed by atoms with Crippen molar-refractivity contribution in [2.45, 2.75) is 58.6 Å². The Kier molecular flexibility index (Phi) is 5.90. The van der Waals surface area contributed by atoms with Gasteiger partial charge in [-0.1, -0.05) is 0 Å². The van der Waals surface area contributed by atoms with E-state index in [0.717, 1.165) is 11.1 Å². The highest BCUT2D eigenvalue weighted by atomic mass is 79.9. The number of halogens is 1. The van der Waals surface area contributed by atoms with Crippen LogP contribution in [0.4, 0.5) is 4.79 Å². The minimum Gasteiger partial charge on any atom is -0.507 e. The SMILES string of the molecule is CCOC(=O)CC1(C)c2cc(Br)c(O)cc2CCN1C(=O)OC(C)(C)C. The first kappa shape index (κ1) is 20.6. The molecule has 144 valence electrons. The Morgan fingerprint density at radius 3 is 2.58 bits per heavy atom. The van der Waals surface area contributed by atoms with Crippen LogP contribution >= 0.6 is 15.9 Å². The first-order valence-corrected chi connectivity index (χ1v) is 9.45. The summed E-state index contributed by atoms with van der Waals surface area (Å²) in [6, 6.07) is 3.44.